The minimum atomic E-state index is -0.933. The normalized spacial score (nSPS) is 10.8. The van der Waals surface area contributed by atoms with Crippen LogP contribution in [0.2, 0.25) is 0 Å². The molecule has 0 spiro atoms. The van der Waals surface area contributed by atoms with E-state index in [2.05, 4.69) is 0 Å². The lowest BCUT2D eigenvalue weighted by molar-refractivity contribution is -0.380. The van der Waals surface area contributed by atoms with Gasteiger partial charge in [-0.15, -0.1) is 0 Å². The fraction of sp³-hybridized carbons (Fsp3) is 0.500. The molecule has 1 N–H and O–H groups in total. The summed E-state index contributed by atoms with van der Waals surface area (Å²) in [5.41, 5.74) is 0. The lowest BCUT2D eigenvalue weighted by Gasteiger charge is -2.18. The fourth-order valence-electron chi connectivity index (χ4n) is 1.40. The summed E-state index contributed by atoms with van der Waals surface area (Å²) in [5, 5.41) is 19.4. The van der Waals surface area contributed by atoms with E-state index in [9.17, 15) is 14.9 Å². The third-order valence-electron chi connectivity index (χ3n) is 2.18. The summed E-state index contributed by atoms with van der Waals surface area (Å²) in [4.78, 5) is 23.2. The first-order chi connectivity index (χ1) is 8.52. The number of nitrogens with zero attached hydrogens (tertiary/aromatic N) is 2. The molecule has 0 aromatic carbocycles. The molecule has 0 bridgehead atoms. The fourth-order valence-corrected chi connectivity index (χ4v) is 2.26. The lowest BCUT2D eigenvalue weighted by atomic mass is 10.4. The van der Waals surface area contributed by atoms with Crippen molar-refractivity contribution in [1.82, 2.24) is 4.90 Å². The van der Waals surface area contributed by atoms with Crippen LogP contribution in [0.3, 0.4) is 0 Å². The third-order valence-corrected chi connectivity index (χ3v) is 3.20. The summed E-state index contributed by atoms with van der Waals surface area (Å²) < 4.78 is 4.90. The largest absolute Gasteiger partial charge is 0.480 e. The van der Waals surface area contributed by atoms with Crippen LogP contribution < -0.4 is 0 Å². The van der Waals surface area contributed by atoms with Crippen LogP contribution in [0.4, 0.5) is 5.00 Å². The number of hydrogen-bond donors (Lipinski definition) is 1. The molecule has 100 valence electrons. The van der Waals surface area contributed by atoms with E-state index in [4.69, 9.17) is 9.84 Å². The number of hydrogen-bond acceptors (Lipinski definition) is 6. The van der Waals surface area contributed by atoms with Gasteiger partial charge in [-0.05, 0) is 6.07 Å². The first kappa shape index (κ1) is 14.6. The molecule has 0 saturated heterocycles. The molecule has 7 nitrogen and oxygen atoms in total. The Balaban J connectivity index is 2.62. The molecule has 1 rings (SSSR count). The Morgan fingerprint density at radius 3 is 2.83 bits per heavy atom. The van der Waals surface area contributed by atoms with Gasteiger partial charge in [0.15, 0.2) is 0 Å². The van der Waals surface area contributed by atoms with Gasteiger partial charge in [0.1, 0.15) is 0 Å². The molecule has 0 saturated carbocycles. The summed E-state index contributed by atoms with van der Waals surface area (Å²) in [6, 6.07) is 3.07. The Kier molecular flexibility index (Phi) is 5.69. The Hall–Kier alpha value is -1.51. The van der Waals surface area contributed by atoms with Crippen LogP contribution in [0, 0.1) is 10.1 Å². The van der Waals surface area contributed by atoms with Crippen molar-refractivity contribution in [3.8, 4) is 0 Å². The highest BCUT2D eigenvalue weighted by Gasteiger charge is 2.14. The maximum absolute atomic E-state index is 10.7. The zero-order valence-electron chi connectivity index (χ0n) is 9.87. The van der Waals surface area contributed by atoms with E-state index in [1.165, 1.54) is 13.2 Å². The zero-order valence-corrected chi connectivity index (χ0v) is 10.7. The minimum absolute atomic E-state index is 0.0621. The number of carbonyl (C=O) groups is 1. The second-order valence-electron chi connectivity index (χ2n) is 3.59. The van der Waals surface area contributed by atoms with Crippen LogP contribution in [0.1, 0.15) is 4.88 Å². The Morgan fingerprint density at radius 1 is 1.61 bits per heavy atom. The molecule has 1 aromatic heterocycles. The van der Waals surface area contributed by atoms with Gasteiger partial charge in [-0.3, -0.25) is 19.8 Å². The highest BCUT2D eigenvalue weighted by molar-refractivity contribution is 7.15. The van der Waals surface area contributed by atoms with Crippen molar-refractivity contribution in [2.75, 3.05) is 26.8 Å². The summed E-state index contributed by atoms with van der Waals surface area (Å²) >= 11 is 1.06. The average Bonchev–Trinajstić information content (AvgIpc) is 2.73. The molecule has 8 heteroatoms. The van der Waals surface area contributed by atoms with E-state index in [0.717, 1.165) is 16.2 Å². The lowest BCUT2D eigenvalue weighted by Crippen LogP contribution is -2.31. The van der Waals surface area contributed by atoms with Crippen LogP contribution in [-0.4, -0.2) is 47.7 Å². The third kappa shape index (κ3) is 4.78. The van der Waals surface area contributed by atoms with E-state index in [1.807, 2.05) is 0 Å². The maximum Gasteiger partial charge on any atom is 0.324 e. The Bertz CT molecular complexity index is 420. The molecule has 18 heavy (non-hydrogen) atoms. The molecule has 0 radical (unpaired) electrons. The standard InChI is InChI=1S/C10H14N2O5S/c1-17-5-4-11(7-10(13)14)6-8-2-3-9(18-8)12(15)16/h2-3H,4-7H2,1H3,(H,13,14). The number of thiophene rings is 1. The van der Waals surface area contributed by atoms with Gasteiger partial charge in [0.2, 0.25) is 0 Å². The molecule has 0 fully saturated rings. The number of methoxy groups -OCH3 is 1. The number of carboxylic acids is 1. The van der Waals surface area contributed by atoms with Crippen LogP contribution in [0.25, 0.3) is 0 Å². The molecular weight excluding hydrogens is 260 g/mol. The molecule has 1 heterocycles. The predicted octanol–water partition coefficient (Wildman–Crippen LogP) is 1.19. The first-order valence-electron chi connectivity index (χ1n) is 5.19. The van der Waals surface area contributed by atoms with Crippen molar-refractivity contribution in [3.63, 3.8) is 0 Å². The molecule has 0 atom stereocenters. The molecule has 0 unspecified atom stereocenters. The maximum atomic E-state index is 10.7. The SMILES string of the molecule is COCCN(CC(=O)O)Cc1ccc([N+](=O)[O-])s1. The van der Waals surface area contributed by atoms with Crippen molar-refractivity contribution in [2.24, 2.45) is 0 Å². The molecule has 0 amide bonds. The van der Waals surface area contributed by atoms with Crippen molar-refractivity contribution >= 4 is 22.3 Å². The van der Waals surface area contributed by atoms with Gasteiger partial charge < -0.3 is 9.84 Å². The van der Waals surface area contributed by atoms with Gasteiger partial charge in [0.25, 0.3) is 0 Å². The van der Waals surface area contributed by atoms with Gasteiger partial charge >= 0.3 is 11.0 Å². The van der Waals surface area contributed by atoms with Gasteiger partial charge in [-0.2, -0.15) is 0 Å². The number of carboxylic acid groups (broad SMARTS) is 1. The topological polar surface area (TPSA) is 92.9 Å². The van der Waals surface area contributed by atoms with Crippen molar-refractivity contribution in [3.05, 3.63) is 27.1 Å². The second-order valence-corrected chi connectivity index (χ2v) is 4.74. The monoisotopic (exact) mass is 274 g/mol. The van der Waals surface area contributed by atoms with Gasteiger partial charge in [0, 0.05) is 31.1 Å². The van der Waals surface area contributed by atoms with Crippen LogP contribution >= 0.6 is 11.3 Å². The molecule has 0 aliphatic rings. The van der Waals surface area contributed by atoms with E-state index in [0.29, 0.717) is 19.7 Å². The van der Waals surface area contributed by atoms with Crippen LogP contribution in [0.5, 0.6) is 0 Å². The average molecular weight is 274 g/mol. The summed E-state index contributed by atoms with van der Waals surface area (Å²) in [5.74, 6) is -0.933. The van der Waals surface area contributed by atoms with Gasteiger partial charge in [-0.1, -0.05) is 11.3 Å². The quantitative estimate of drug-likeness (QED) is 0.565. The van der Waals surface area contributed by atoms with E-state index in [1.54, 1.807) is 11.0 Å². The Labute approximate surface area is 108 Å². The van der Waals surface area contributed by atoms with Gasteiger partial charge in [-0.25, -0.2) is 0 Å². The van der Waals surface area contributed by atoms with E-state index < -0.39 is 10.9 Å². The predicted molar refractivity (Wildman–Crippen MR) is 65.8 cm³/mol. The molecule has 0 aliphatic heterocycles. The first-order valence-corrected chi connectivity index (χ1v) is 6.00. The highest BCUT2D eigenvalue weighted by atomic mass is 32.1. The van der Waals surface area contributed by atoms with Crippen LogP contribution in [-0.2, 0) is 16.1 Å². The van der Waals surface area contributed by atoms with E-state index in [-0.39, 0.29) is 11.5 Å². The van der Waals surface area contributed by atoms with Gasteiger partial charge in [0.05, 0.1) is 18.1 Å². The molecular formula is C10H14N2O5S. The number of nitro groups is 1. The summed E-state index contributed by atoms with van der Waals surface area (Å²) in [6.07, 6.45) is 0. The number of ether oxygens (including phenoxy) is 1. The minimum Gasteiger partial charge on any atom is -0.480 e. The second kappa shape index (κ2) is 7.04. The molecule has 1 aromatic rings. The summed E-state index contributed by atoms with van der Waals surface area (Å²) in [7, 11) is 1.54. The van der Waals surface area contributed by atoms with Crippen LogP contribution in [0.15, 0.2) is 12.1 Å². The smallest absolute Gasteiger partial charge is 0.324 e. The summed E-state index contributed by atoms with van der Waals surface area (Å²) in [6.45, 7) is 1.14. The van der Waals surface area contributed by atoms with Crippen molar-refractivity contribution in [2.45, 2.75) is 6.54 Å². The Morgan fingerprint density at radius 2 is 2.33 bits per heavy atom. The van der Waals surface area contributed by atoms with Crippen molar-refractivity contribution < 1.29 is 19.6 Å². The van der Waals surface area contributed by atoms with Crippen molar-refractivity contribution in [1.29, 1.82) is 0 Å². The van der Waals surface area contributed by atoms with E-state index >= 15 is 0 Å². The highest BCUT2D eigenvalue weighted by Crippen LogP contribution is 2.24. The number of rotatable bonds is 8. The zero-order chi connectivity index (χ0) is 13.5. The number of aliphatic carboxylic acids is 1. The molecule has 0 aliphatic carbocycles.